The number of nitrogens with zero attached hydrogens (tertiary/aromatic N) is 3. The van der Waals surface area contributed by atoms with Crippen molar-refractivity contribution in [3.8, 4) is 5.75 Å². The van der Waals surface area contributed by atoms with Crippen LogP contribution in [0.2, 0.25) is 25.4 Å². The van der Waals surface area contributed by atoms with Crippen LogP contribution in [0.3, 0.4) is 0 Å². The van der Waals surface area contributed by atoms with Crippen molar-refractivity contribution >= 4 is 92.7 Å². The van der Waals surface area contributed by atoms with Gasteiger partial charge in [0.2, 0.25) is 0 Å². The van der Waals surface area contributed by atoms with Crippen molar-refractivity contribution in [2.24, 2.45) is 0 Å². The number of imidazole rings is 1. The number of hydrogen-bond acceptors (Lipinski definition) is 6. The lowest BCUT2D eigenvalue weighted by Gasteiger charge is -2.15. The maximum Gasteiger partial charge on any atom is 0.267 e. The average molecular weight is 606 g/mol. The molecule has 0 saturated carbocycles. The molecule has 0 aliphatic carbocycles. The van der Waals surface area contributed by atoms with E-state index in [9.17, 15) is 9.59 Å². The fourth-order valence-electron chi connectivity index (χ4n) is 3.13. The Bertz CT molecular complexity index is 1460. The van der Waals surface area contributed by atoms with Crippen molar-refractivity contribution in [1.29, 1.82) is 0 Å². The Hall–Kier alpha value is -2.53. The summed E-state index contributed by atoms with van der Waals surface area (Å²) in [5, 5.41) is 8.36. The Morgan fingerprint density at radius 2 is 1.81 bits per heavy atom. The molecule has 1 aromatic carbocycles. The van der Waals surface area contributed by atoms with Gasteiger partial charge in [-0.15, -0.1) is 11.3 Å². The molecule has 0 atom stereocenters. The van der Waals surface area contributed by atoms with Gasteiger partial charge in [0.15, 0.2) is 5.15 Å². The number of methoxy groups -OCH3 is 1. The Morgan fingerprint density at radius 1 is 1.03 bits per heavy atom. The Morgan fingerprint density at radius 3 is 2.44 bits per heavy atom. The first-order chi connectivity index (χ1) is 17.2. The van der Waals surface area contributed by atoms with E-state index in [-0.39, 0.29) is 54.6 Å². The first kappa shape index (κ1) is 26.5. The molecule has 8 nitrogen and oxygen atoms in total. The minimum atomic E-state index is -0.578. The Labute approximate surface area is 234 Å². The highest BCUT2D eigenvalue weighted by Crippen LogP contribution is 2.36. The number of carbonyl (C=O) groups excluding carboxylic acids is 2. The van der Waals surface area contributed by atoms with Crippen molar-refractivity contribution in [3.05, 3.63) is 83.5 Å². The molecule has 36 heavy (non-hydrogen) atoms. The summed E-state index contributed by atoms with van der Waals surface area (Å²) >= 11 is 31.7. The molecular weight excluding hydrogens is 592 g/mol. The van der Waals surface area contributed by atoms with Crippen molar-refractivity contribution < 1.29 is 14.3 Å². The SMILES string of the molecule is COc1cc(Cl)cc(C(=O)Nc2ccc(Cl)cn2)c1NC(=O)c1scc(Cn2cnc(Cl)c2Cl)c1Cl. The van der Waals surface area contributed by atoms with Crippen LogP contribution in [0.25, 0.3) is 0 Å². The average Bonchev–Trinajstić information content (AvgIpc) is 3.38. The third-order valence-electron chi connectivity index (χ3n) is 4.82. The number of nitrogens with one attached hydrogen (secondary N) is 2. The summed E-state index contributed by atoms with van der Waals surface area (Å²) in [7, 11) is 1.39. The topological polar surface area (TPSA) is 98.1 Å². The molecule has 2 N–H and O–H groups in total. The smallest absolute Gasteiger partial charge is 0.267 e. The van der Waals surface area contributed by atoms with E-state index >= 15 is 0 Å². The van der Waals surface area contributed by atoms with E-state index in [1.807, 2.05) is 0 Å². The highest BCUT2D eigenvalue weighted by molar-refractivity contribution is 7.13. The number of benzene rings is 1. The predicted octanol–water partition coefficient (Wildman–Crippen LogP) is 7.17. The summed E-state index contributed by atoms with van der Waals surface area (Å²) in [5.41, 5.74) is 0.795. The molecular formula is C22H14Cl5N5O3S. The van der Waals surface area contributed by atoms with Gasteiger partial charge >= 0.3 is 0 Å². The molecule has 0 fully saturated rings. The monoisotopic (exact) mass is 603 g/mol. The van der Waals surface area contributed by atoms with Gasteiger partial charge in [-0.3, -0.25) is 9.59 Å². The molecule has 14 heteroatoms. The minimum absolute atomic E-state index is 0.0530. The van der Waals surface area contributed by atoms with Crippen LogP contribution >= 0.6 is 69.3 Å². The predicted molar refractivity (Wildman–Crippen MR) is 144 cm³/mol. The number of halogens is 5. The molecule has 0 aliphatic heterocycles. The van der Waals surface area contributed by atoms with Gasteiger partial charge in [-0.2, -0.15) is 0 Å². The maximum atomic E-state index is 13.2. The third-order valence-corrected chi connectivity index (χ3v) is 7.60. The summed E-state index contributed by atoms with van der Waals surface area (Å²) in [4.78, 5) is 34.5. The fourth-order valence-corrected chi connectivity index (χ4v) is 5.00. The summed E-state index contributed by atoms with van der Waals surface area (Å²) in [6.07, 6.45) is 2.86. The van der Waals surface area contributed by atoms with Gasteiger partial charge in [-0.1, -0.05) is 58.0 Å². The molecule has 0 saturated heterocycles. The van der Waals surface area contributed by atoms with Crippen LogP contribution in [-0.4, -0.2) is 33.5 Å². The van der Waals surface area contributed by atoms with Gasteiger partial charge in [0, 0.05) is 22.8 Å². The van der Waals surface area contributed by atoms with Crippen LogP contribution in [0, 0.1) is 0 Å². The molecule has 0 unspecified atom stereocenters. The Kier molecular flexibility index (Phi) is 8.29. The second-order valence-corrected chi connectivity index (χ2v) is 10.0. The second kappa shape index (κ2) is 11.2. The zero-order valence-electron chi connectivity index (χ0n) is 18.1. The lowest BCUT2D eigenvalue weighted by Crippen LogP contribution is -2.19. The van der Waals surface area contributed by atoms with Crippen LogP contribution < -0.4 is 15.4 Å². The highest BCUT2D eigenvalue weighted by Gasteiger charge is 2.24. The molecule has 4 rings (SSSR count). The zero-order valence-corrected chi connectivity index (χ0v) is 22.7. The number of amides is 2. The van der Waals surface area contributed by atoms with E-state index in [0.29, 0.717) is 10.6 Å². The van der Waals surface area contributed by atoms with Gasteiger partial charge < -0.3 is 19.9 Å². The number of hydrogen-bond donors (Lipinski definition) is 2. The van der Waals surface area contributed by atoms with Crippen LogP contribution in [0.15, 0.2) is 42.2 Å². The largest absolute Gasteiger partial charge is 0.494 e. The minimum Gasteiger partial charge on any atom is -0.494 e. The summed E-state index contributed by atoms with van der Waals surface area (Å²) in [6.45, 7) is 0.257. The fraction of sp³-hybridized carbons (Fsp3) is 0.0909. The lowest BCUT2D eigenvalue weighted by atomic mass is 10.1. The van der Waals surface area contributed by atoms with Gasteiger partial charge in [-0.05, 0) is 23.6 Å². The molecule has 0 radical (unpaired) electrons. The first-order valence-electron chi connectivity index (χ1n) is 9.91. The third kappa shape index (κ3) is 5.72. The van der Waals surface area contributed by atoms with Crippen LogP contribution in [0.5, 0.6) is 5.75 Å². The number of pyridine rings is 1. The van der Waals surface area contributed by atoms with E-state index in [4.69, 9.17) is 62.7 Å². The van der Waals surface area contributed by atoms with E-state index in [2.05, 4.69) is 20.6 Å². The second-order valence-electron chi connectivity index (χ2n) is 7.16. The number of carbonyl (C=O) groups is 2. The van der Waals surface area contributed by atoms with Crippen LogP contribution in [-0.2, 0) is 6.54 Å². The van der Waals surface area contributed by atoms with E-state index < -0.39 is 11.8 Å². The lowest BCUT2D eigenvalue weighted by molar-refractivity contribution is 0.102. The summed E-state index contributed by atoms with van der Waals surface area (Å²) in [5.74, 6) is -0.696. The van der Waals surface area contributed by atoms with E-state index in [1.165, 1.54) is 37.8 Å². The number of anilines is 2. The molecule has 186 valence electrons. The zero-order chi connectivity index (χ0) is 26.0. The van der Waals surface area contributed by atoms with Gasteiger partial charge in [0.05, 0.1) is 41.3 Å². The van der Waals surface area contributed by atoms with E-state index in [1.54, 1.807) is 16.0 Å². The normalized spacial score (nSPS) is 10.8. The quantitative estimate of drug-likeness (QED) is 0.233. The van der Waals surface area contributed by atoms with E-state index in [0.717, 1.165) is 11.3 Å². The Balaban J connectivity index is 1.62. The van der Waals surface area contributed by atoms with Crippen LogP contribution in [0.4, 0.5) is 11.5 Å². The number of rotatable bonds is 7. The van der Waals surface area contributed by atoms with Crippen molar-refractivity contribution in [2.45, 2.75) is 6.54 Å². The van der Waals surface area contributed by atoms with Gasteiger partial charge in [0.1, 0.15) is 21.6 Å². The van der Waals surface area contributed by atoms with Crippen molar-refractivity contribution in [1.82, 2.24) is 14.5 Å². The van der Waals surface area contributed by atoms with Gasteiger partial charge in [-0.25, -0.2) is 9.97 Å². The molecule has 3 heterocycles. The molecule has 2 amide bonds. The van der Waals surface area contributed by atoms with Crippen molar-refractivity contribution in [2.75, 3.05) is 17.7 Å². The van der Waals surface area contributed by atoms with Gasteiger partial charge in [0.25, 0.3) is 11.8 Å². The number of ether oxygens (including phenoxy) is 1. The summed E-state index contributed by atoms with van der Waals surface area (Å²) < 4.78 is 6.96. The standard InChI is InChI=1S/C22H14Cl5N5O3S/c1-35-14-5-12(24)4-13(21(33)30-15-3-2-11(23)6-28-15)17(14)31-22(34)18-16(25)10(8-36-18)7-32-9-29-19(26)20(32)27/h2-6,8-9H,7H2,1H3,(H,31,34)(H,28,30,33). The highest BCUT2D eigenvalue weighted by atomic mass is 35.5. The van der Waals surface area contributed by atoms with Crippen molar-refractivity contribution in [3.63, 3.8) is 0 Å². The molecule has 0 aliphatic rings. The number of thiophene rings is 1. The molecule has 4 aromatic rings. The van der Waals surface area contributed by atoms with Crippen LogP contribution in [0.1, 0.15) is 25.6 Å². The molecule has 3 aromatic heterocycles. The summed E-state index contributed by atoms with van der Waals surface area (Å²) in [6, 6.07) is 5.98. The first-order valence-corrected chi connectivity index (χ1v) is 12.7. The maximum absolute atomic E-state index is 13.2. The molecule has 0 spiro atoms. The number of aromatic nitrogens is 3. The molecule has 0 bridgehead atoms.